The number of hydrogen-bond acceptors (Lipinski definition) is 8. The molecular formula is C36H60N6O7. The third-order valence-electron chi connectivity index (χ3n) is 8.99. The molecule has 0 aliphatic rings. The Kier molecular flexibility index (Phi) is 19.4. The number of amides is 5. The van der Waals surface area contributed by atoms with Crippen LogP contribution in [-0.4, -0.2) is 86.4 Å². The first-order valence-electron chi connectivity index (χ1n) is 17.3. The fourth-order valence-electron chi connectivity index (χ4n) is 4.30. The molecule has 1 aromatic carbocycles. The van der Waals surface area contributed by atoms with E-state index < -0.39 is 41.8 Å². The maximum atomic E-state index is 13.0. The second-order valence-corrected chi connectivity index (χ2v) is 14.0. The third-order valence-corrected chi connectivity index (χ3v) is 8.99. The summed E-state index contributed by atoms with van der Waals surface area (Å²) in [6.45, 7) is 16.1. The molecule has 1 rings (SSSR count). The lowest BCUT2D eigenvalue weighted by Crippen LogP contribution is -2.52. The van der Waals surface area contributed by atoms with Crippen molar-refractivity contribution in [3.63, 3.8) is 0 Å². The van der Waals surface area contributed by atoms with Gasteiger partial charge in [-0.2, -0.15) is 0 Å². The molecule has 0 heterocycles. The molecule has 2 atom stereocenters. The molecule has 0 bridgehead atoms. The molecule has 0 aliphatic heterocycles. The van der Waals surface area contributed by atoms with Gasteiger partial charge < -0.3 is 31.3 Å². The number of rotatable bonds is 24. The van der Waals surface area contributed by atoms with Crippen molar-refractivity contribution >= 4 is 35.3 Å². The fourth-order valence-corrected chi connectivity index (χ4v) is 4.30. The van der Waals surface area contributed by atoms with Crippen molar-refractivity contribution in [2.75, 3.05) is 39.5 Å². The quantitative estimate of drug-likeness (QED) is 0.0704. The van der Waals surface area contributed by atoms with Gasteiger partial charge in [-0.3, -0.25) is 34.1 Å². The zero-order valence-corrected chi connectivity index (χ0v) is 30.8. The topological polar surface area (TPSA) is 184 Å². The average Bonchev–Trinajstić information content (AvgIpc) is 3.06. The summed E-state index contributed by atoms with van der Waals surface area (Å²) in [6.07, 6.45) is 2.50. The van der Waals surface area contributed by atoms with Crippen molar-refractivity contribution in [3.8, 4) is 0 Å². The summed E-state index contributed by atoms with van der Waals surface area (Å²) in [6, 6.07) is 8.01. The van der Waals surface area contributed by atoms with Crippen LogP contribution in [0.1, 0.15) is 86.6 Å². The Morgan fingerprint density at radius 2 is 1.33 bits per heavy atom. The van der Waals surface area contributed by atoms with E-state index in [4.69, 9.17) is 4.74 Å². The molecule has 0 fully saturated rings. The molecular weight excluding hydrogens is 628 g/mol. The number of carbonyl (C=O) groups is 6. The smallest absolute Gasteiger partial charge is 0.243 e. The minimum absolute atomic E-state index is 0.0102. The maximum absolute atomic E-state index is 13.0. The summed E-state index contributed by atoms with van der Waals surface area (Å²) in [5, 5.41) is 15.6. The molecule has 5 amide bonds. The molecule has 0 radical (unpaired) electrons. The summed E-state index contributed by atoms with van der Waals surface area (Å²) in [5.74, 6) is -2.12. The van der Waals surface area contributed by atoms with Gasteiger partial charge in [0.2, 0.25) is 29.5 Å². The van der Waals surface area contributed by atoms with Crippen LogP contribution in [0.15, 0.2) is 30.3 Å². The number of ether oxygens (including phenoxy) is 1. The van der Waals surface area contributed by atoms with E-state index in [9.17, 15) is 28.8 Å². The average molecular weight is 689 g/mol. The zero-order valence-electron chi connectivity index (χ0n) is 30.8. The van der Waals surface area contributed by atoms with Crippen LogP contribution in [-0.2, 0) is 39.9 Å². The summed E-state index contributed by atoms with van der Waals surface area (Å²) < 4.78 is 6.19. The van der Waals surface area contributed by atoms with Crippen molar-refractivity contribution in [1.82, 2.24) is 31.9 Å². The van der Waals surface area contributed by atoms with E-state index in [1.807, 2.05) is 19.9 Å². The molecule has 0 aliphatic carbocycles. The highest BCUT2D eigenvalue weighted by Gasteiger charge is 2.27. The lowest BCUT2D eigenvalue weighted by molar-refractivity contribution is -0.131. The highest BCUT2D eigenvalue weighted by atomic mass is 16.5. The lowest BCUT2D eigenvalue weighted by Gasteiger charge is -2.33. The normalized spacial score (nSPS) is 13.3. The van der Waals surface area contributed by atoms with Gasteiger partial charge in [0.05, 0.1) is 38.4 Å². The van der Waals surface area contributed by atoms with Crippen LogP contribution in [0, 0.1) is 17.3 Å². The highest BCUT2D eigenvalue weighted by Crippen LogP contribution is 2.31. The Balaban J connectivity index is 2.53. The van der Waals surface area contributed by atoms with Gasteiger partial charge in [-0.1, -0.05) is 78.8 Å². The van der Waals surface area contributed by atoms with Gasteiger partial charge in [-0.15, -0.1) is 0 Å². The van der Waals surface area contributed by atoms with Gasteiger partial charge in [0.1, 0.15) is 11.8 Å². The molecule has 0 spiro atoms. The van der Waals surface area contributed by atoms with Gasteiger partial charge >= 0.3 is 0 Å². The second kappa shape index (κ2) is 22.0. The molecule has 13 nitrogen and oxygen atoms in total. The van der Waals surface area contributed by atoms with E-state index >= 15 is 0 Å². The number of nitrogens with one attached hydrogen (secondary N) is 6. The van der Waals surface area contributed by atoms with Crippen LogP contribution in [0.25, 0.3) is 0 Å². The molecule has 6 N–H and O–H groups in total. The molecule has 49 heavy (non-hydrogen) atoms. The maximum Gasteiger partial charge on any atom is 0.243 e. The Morgan fingerprint density at radius 3 is 1.94 bits per heavy atom. The summed E-state index contributed by atoms with van der Waals surface area (Å²) >= 11 is 0. The van der Waals surface area contributed by atoms with Crippen molar-refractivity contribution in [2.45, 2.75) is 99.1 Å². The van der Waals surface area contributed by atoms with Crippen LogP contribution in [0.3, 0.4) is 0 Å². The lowest BCUT2D eigenvalue weighted by atomic mass is 9.78. The molecule has 276 valence electrons. The van der Waals surface area contributed by atoms with E-state index in [1.165, 1.54) is 0 Å². The first-order chi connectivity index (χ1) is 23.0. The third kappa shape index (κ3) is 18.5. The standard InChI is InChI=1S/C36H60N6O7/c1-9-36(8,49-18-17-35(6,7)26(4)5)16-15-30(44)38-21-31(45)39-23-33(47)42-28(19-27-13-11-10-12-14-27)34(48)40-22-32(46)41-24-37-20-29(43)25(2)3/h10-14,25-26,28,37H,9,15-24H2,1-8H3,(H,38,44)(H,39,45)(H,40,48)(H,41,46)(H,42,47)/t28-,36?/m0/s1. The number of carbonyl (C=O) groups excluding carboxylic acids is 6. The zero-order chi connectivity index (χ0) is 37.0. The van der Waals surface area contributed by atoms with Crippen LogP contribution < -0.4 is 31.9 Å². The van der Waals surface area contributed by atoms with E-state index in [1.54, 1.807) is 38.1 Å². The van der Waals surface area contributed by atoms with Crippen LogP contribution >= 0.6 is 0 Å². The highest BCUT2D eigenvalue weighted by molar-refractivity contribution is 5.92. The summed E-state index contributed by atoms with van der Waals surface area (Å²) in [4.78, 5) is 74.4. The van der Waals surface area contributed by atoms with E-state index in [-0.39, 0.29) is 62.2 Å². The fraction of sp³-hybridized carbons (Fsp3) is 0.667. The van der Waals surface area contributed by atoms with Gasteiger partial charge in [0.25, 0.3) is 0 Å². The van der Waals surface area contributed by atoms with E-state index in [0.29, 0.717) is 18.9 Å². The van der Waals surface area contributed by atoms with Crippen LogP contribution in [0.5, 0.6) is 0 Å². The van der Waals surface area contributed by atoms with Crippen molar-refractivity contribution < 1.29 is 33.5 Å². The molecule has 1 unspecified atom stereocenters. The molecule has 0 saturated heterocycles. The first kappa shape index (κ1) is 43.2. The molecule has 0 aromatic heterocycles. The van der Waals surface area contributed by atoms with Gasteiger partial charge in [0, 0.05) is 25.4 Å². The molecule has 0 saturated carbocycles. The van der Waals surface area contributed by atoms with Gasteiger partial charge in [-0.05, 0) is 43.1 Å². The van der Waals surface area contributed by atoms with Crippen molar-refractivity contribution in [3.05, 3.63) is 35.9 Å². The Hall–Kier alpha value is -3.84. The summed E-state index contributed by atoms with van der Waals surface area (Å²) in [5.41, 5.74) is 0.476. The SMILES string of the molecule is CCC(C)(CCC(=O)NCC(=O)NCC(=O)N[C@@H](Cc1ccccc1)C(=O)NCC(=O)NCNCC(=O)C(C)C)OCCC(C)(C)C(C)C. The molecule has 1 aromatic rings. The van der Waals surface area contributed by atoms with Crippen LogP contribution in [0.2, 0.25) is 0 Å². The Labute approximate surface area is 292 Å². The second-order valence-electron chi connectivity index (χ2n) is 14.0. The number of hydrogen-bond donors (Lipinski definition) is 6. The molecule has 13 heteroatoms. The monoisotopic (exact) mass is 688 g/mol. The minimum Gasteiger partial charge on any atom is -0.375 e. The Bertz CT molecular complexity index is 1220. The van der Waals surface area contributed by atoms with E-state index in [0.717, 1.165) is 18.4 Å². The minimum atomic E-state index is -1.02. The van der Waals surface area contributed by atoms with Crippen molar-refractivity contribution in [2.24, 2.45) is 17.3 Å². The predicted molar refractivity (Wildman–Crippen MR) is 189 cm³/mol. The number of benzene rings is 1. The Morgan fingerprint density at radius 1 is 0.735 bits per heavy atom. The largest absolute Gasteiger partial charge is 0.375 e. The number of Topliss-reactive ketones (excluding diaryl/α,β-unsaturated/α-hetero) is 1. The van der Waals surface area contributed by atoms with E-state index in [2.05, 4.69) is 59.6 Å². The first-order valence-corrected chi connectivity index (χ1v) is 17.3. The number of ketones is 1. The van der Waals surface area contributed by atoms with Crippen molar-refractivity contribution in [1.29, 1.82) is 0 Å². The summed E-state index contributed by atoms with van der Waals surface area (Å²) in [7, 11) is 0. The van der Waals surface area contributed by atoms with Crippen LogP contribution in [0.4, 0.5) is 0 Å². The van der Waals surface area contributed by atoms with Gasteiger partial charge in [0.15, 0.2) is 0 Å². The predicted octanol–water partition coefficient (Wildman–Crippen LogP) is 1.99. The van der Waals surface area contributed by atoms with Gasteiger partial charge in [-0.25, -0.2) is 0 Å².